The van der Waals surface area contributed by atoms with Crippen LogP contribution < -0.4 is 19.7 Å². The number of aliphatic hydroxyl groups excluding tert-OH is 1. The van der Waals surface area contributed by atoms with Gasteiger partial charge in [0.1, 0.15) is 40.6 Å². The minimum absolute atomic E-state index is 0.00117. The Morgan fingerprint density at radius 3 is 2.81 bits per heavy atom. The molecule has 10 nitrogen and oxygen atoms in total. The van der Waals surface area contributed by atoms with Gasteiger partial charge in [0, 0.05) is 42.7 Å². The molecule has 1 aliphatic carbocycles. The highest BCUT2D eigenvalue weighted by Crippen LogP contribution is 2.48. The summed E-state index contributed by atoms with van der Waals surface area (Å²) in [6.45, 7) is 4.83. The molecule has 0 unspecified atom stereocenters. The van der Waals surface area contributed by atoms with E-state index in [9.17, 15) is 10.2 Å². The van der Waals surface area contributed by atoms with Crippen LogP contribution in [0.25, 0.3) is 32.9 Å². The molecule has 2 aromatic carbocycles. The van der Waals surface area contributed by atoms with E-state index in [1.807, 2.05) is 13.0 Å². The number of aliphatic hydroxyl groups is 1. The molecule has 1 saturated carbocycles. The molecule has 2 saturated heterocycles. The number of anilines is 1. The minimum atomic E-state index is -0.712. The molecule has 3 fully saturated rings. The molecule has 4 aromatic rings. The van der Waals surface area contributed by atoms with Crippen molar-refractivity contribution in [1.29, 1.82) is 0 Å². The Hall–Kier alpha value is -4.13. The summed E-state index contributed by atoms with van der Waals surface area (Å²) in [7, 11) is 0. The van der Waals surface area contributed by atoms with Crippen LogP contribution in [0.2, 0.25) is 0 Å². The lowest BCUT2D eigenvalue weighted by Gasteiger charge is -2.40. The number of aryl methyl sites for hydroxylation is 1. The average molecular weight is 657 g/mol. The summed E-state index contributed by atoms with van der Waals surface area (Å²) in [5, 5.41) is 25.7. The van der Waals surface area contributed by atoms with E-state index < -0.39 is 11.6 Å². The van der Waals surface area contributed by atoms with Gasteiger partial charge in [-0.05, 0) is 66.6 Å². The topological polar surface area (TPSA) is 116 Å². The van der Waals surface area contributed by atoms with E-state index in [4.69, 9.17) is 19.4 Å². The van der Waals surface area contributed by atoms with E-state index >= 15 is 8.78 Å². The Labute approximate surface area is 276 Å². The number of nitrogens with zero attached hydrogens (tertiary/aromatic N) is 5. The van der Waals surface area contributed by atoms with Crippen molar-refractivity contribution in [2.24, 2.45) is 5.41 Å². The quantitative estimate of drug-likeness (QED) is 0.235. The van der Waals surface area contributed by atoms with E-state index in [0.29, 0.717) is 53.7 Å². The van der Waals surface area contributed by atoms with Gasteiger partial charge in [-0.1, -0.05) is 25.1 Å². The largest absolute Gasteiger partial charge is 0.508 e. The Morgan fingerprint density at radius 2 is 2.00 bits per heavy atom. The SMILES string of the molecule is CCc1c(F)ccc2cc(O)cc(-c3nc4c5c(nc(OCC6(CN7CC=C[C@@H]7CO)CC6)nc5c3F)N3C[C@@H]5CC[C@@H](N5)[C@@H]3CO4)c12. The van der Waals surface area contributed by atoms with Gasteiger partial charge in [-0.15, -0.1) is 0 Å². The third kappa shape index (κ3) is 4.79. The van der Waals surface area contributed by atoms with E-state index in [2.05, 4.69) is 26.2 Å². The molecule has 3 N–H and O–H groups in total. The predicted molar refractivity (Wildman–Crippen MR) is 177 cm³/mol. The lowest BCUT2D eigenvalue weighted by atomic mass is 9.94. The van der Waals surface area contributed by atoms with Crippen LogP contribution in [0.1, 0.15) is 38.2 Å². The van der Waals surface area contributed by atoms with Crippen LogP contribution in [-0.2, 0) is 6.42 Å². The first-order valence-electron chi connectivity index (χ1n) is 17.0. The van der Waals surface area contributed by atoms with Crippen molar-refractivity contribution >= 4 is 27.5 Å². The van der Waals surface area contributed by atoms with Crippen molar-refractivity contribution < 1.29 is 28.5 Å². The molecule has 0 spiro atoms. The molecule has 4 atom stereocenters. The average Bonchev–Trinajstić information content (AvgIpc) is 3.58. The highest BCUT2D eigenvalue weighted by Gasteiger charge is 2.47. The van der Waals surface area contributed by atoms with Crippen LogP contribution in [0.15, 0.2) is 36.4 Å². The molecule has 6 heterocycles. The molecule has 9 rings (SSSR count). The van der Waals surface area contributed by atoms with Gasteiger partial charge in [0.05, 0.1) is 25.3 Å². The van der Waals surface area contributed by atoms with Gasteiger partial charge in [0.25, 0.3) is 0 Å². The molecule has 0 amide bonds. The molecule has 0 radical (unpaired) electrons. The van der Waals surface area contributed by atoms with Gasteiger partial charge >= 0.3 is 6.01 Å². The van der Waals surface area contributed by atoms with E-state index in [1.165, 1.54) is 12.1 Å². The molecule has 2 bridgehead atoms. The number of hydrogen-bond donors (Lipinski definition) is 3. The standard InChI is InChI=1S/C36H38F2N6O4/c1-2-23-25(37)7-5-19-12-22(46)13-24(28(19)23)31-30(38)32-29-33(44-14-20-6-8-26(39-20)27(44)16-47-34(29)40-31)42-35(41-32)48-18-36(9-10-36)17-43-11-3-4-21(43)15-45/h3-5,7,12-13,20-21,26-27,39,45-46H,2,6,8-11,14-18H2,1H3/t20-,21+,26+,27-/m0/s1. The lowest BCUT2D eigenvalue weighted by molar-refractivity contribution is 0.123. The smallest absolute Gasteiger partial charge is 0.319 e. The van der Waals surface area contributed by atoms with Crippen LogP contribution in [0, 0.1) is 17.0 Å². The van der Waals surface area contributed by atoms with Gasteiger partial charge < -0.3 is 29.9 Å². The maximum absolute atomic E-state index is 17.1. The van der Waals surface area contributed by atoms with Gasteiger partial charge in [-0.3, -0.25) is 4.90 Å². The normalized spacial score (nSPS) is 25.4. The zero-order chi connectivity index (χ0) is 32.7. The summed E-state index contributed by atoms with van der Waals surface area (Å²) >= 11 is 0. The van der Waals surface area contributed by atoms with Crippen LogP contribution in [-0.4, -0.2) is 93.7 Å². The molecule has 2 aromatic heterocycles. The van der Waals surface area contributed by atoms with Crippen LogP contribution in [0.4, 0.5) is 14.6 Å². The number of phenols is 1. The van der Waals surface area contributed by atoms with Crippen molar-refractivity contribution in [3.05, 3.63) is 53.6 Å². The highest BCUT2D eigenvalue weighted by molar-refractivity contribution is 6.03. The maximum Gasteiger partial charge on any atom is 0.319 e. The van der Waals surface area contributed by atoms with E-state index in [1.54, 1.807) is 12.1 Å². The number of halogens is 2. The number of phenolic OH excluding ortho intramolecular Hbond substituents is 1. The zero-order valence-electron chi connectivity index (χ0n) is 26.8. The van der Waals surface area contributed by atoms with E-state index in [0.717, 1.165) is 38.8 Å². The first-order valence-corrected chi connectivity index (χ1v) is 17.0. The Bertz CT molecular complexity index is 1990. The maximum atomic E-state index is 17.1. The fraction of sp³-hybridized carbons (Fsp3) is 0.472. The number of ether oxygens (including phenoxy) is 2. The van der Waals surface area contributed by atoms with Crippen molar-refractivity contribution in [3.63, 3.8) is 0 Å². The van der Waals surface area contributed by atoms with Gasteiger partial charge in [0.2, 0.25) is 5.88 Å². The Kier molecular flexibility index (Phi) is 7.00. The summed E-state index contributed by atoms with van der Waals surface area (Å²) in [5.41, 5.74) is 0.513. The number of benzene rings is 2. The molecule has 4 aliphatic heterocycles. The number of pyridine rings is 1. The third-order valence-corrected chi connectivity index (χ3v) is 11.1. The summed E-state index contributed by atoms with van der Waals surface area (Å²) in [6.07, 6.45) is 8.48. The van der Waals surface area contributed by atoms with Crippen molar-refractivity contribution in [3.8, 4) is 28.9 Å². The first kappa shape index (κ1) is 30.0. The first-order chi connectivity index (χ1) is 23.3. The third-order valence-electron chi connectivity index (χ3n) is 11.1. The second-order valence-corrected chi connectivity index (χ2v) is 14.1. The van der Waals surface area contributed by atoms with Crippen molar-refractivity contribution in [1.82, 2.24) is 25.2 Å². The fourth-order valence-corrected chi connectivity index (χ4v) is 8.33. The minimum Gasteiger partial charge on any atom is -0.508 e. The Balaban J connectivity index is 1.18. The highest BCUT2D eigenvalue weighted by atomic mass is 19.1. The number of rotatable bonds is 8. The van der Waals surface area contributed by atoms with Crippen LogP contribution in [0.3, 0.4) is 0 Å². The molecule has 5 aliphatic rings. The predicted octanol–water partition coefficient (Wildman–Crippen LogP) is 4.48. The second-order valence-electron chi connectivity index (χ2n) is 14.1. The number of aromatic nitrogens is 3. The number of aromatic hydroxyl groups is 1. The molecule has 12 heteroatoms. The number of hydrogen-bond acceptors (Lipinski definition) is 10. The van der Waals surface area contributed by atoms with Gasteiger partial charge in [-0.25, -0.2) is 13.8 Å². The molecule has 48 heavy (non-hydrogen) atoms. The van der Waals surface area contributed by atoms with Gasteiger partial charge in [0.15, 0.2) is 5.82 Å². The summed E-state index contributed by atoms with van der Waals surface area (Å²) < 4.78 is 45.0. The van der Waals surface area contributed by atoms with Crippen LogP contribution in [0.5, 0.6) is 17.6 Å². The number of fused-ring (bicyclic) bond motifs is 6. The molecule has 250 valence electrons. The summed E-state index contributed by atoms with van der Waals surface area (Å²) in [5.74, 6) is -0.461. The fourth-order valence-electron chi connectivity index (χ4n) is 8.33. The van der Waals surface area contributed by atoms with E-state index in [-0.39, 0.29) is 70.6 Å². The number of piperazine rings is 1. The summed E-state index contributed by atoms with van der Waals surface area (Å²) in [4.78, 5) is 18.8. The van der Waals surface area contributed by atoms with Crippen molar-refractivity contribution in [2.75, 3.05) is 44.4 Å². The van der Waals surface area contributed by atoms with Gasteiger partial charge in [-0.2, -0.15) is 9.97 Å². The zero-order valence-corrected chi connectivity index (χ0v) is 26.8. The molecular weight excluding hydrogens is 618 g/mol. The number of nitrogens with one attached hydrogen (secondary N) is 1. The second kappa shape index (κ2) is 11.2. The lowest BCUT2D eigenvalue weighted by Crippen LogP contribution is -2.60. The summed E-state index contributed by atoms with van der Waals surface area (Å²) in [6, 6.07) is 6.42. The monoisotopic (exact) mass is 656 g/mol. The van der Waals surface area contributed by atoms with Crippen molar-refractivity contribution in [2.45, 2.75) is 63.2 Å². The van der Waals surface area contributed by atoms with Crippen LogP contribution >= 0.6 is 0 Å². The molecular formula is C36H38F2N6O4. The Morgan fingerprint density at radius 1 is 1.12 bits per heavy atom.